The summed E-state index contributed by atoms with van der Waals surface area (Å²) >= 11 is 3.59. The molecule has 1 N–H and O–H groups in total. The van der Waals surface area contributed by atoms with Gasteiger partial charge in [-0.3, -0.25) is 0 Å². The molecule has 0 saturated heterocycles. The van der Waals surface area contributed by atoms with Gasteiger partial charge in [0.05, 0.1) is 6.61 Å². The van der Waals surface area contributed by atoms with Crippen LogP contribution in [0.25, 0.3) is 22.2 Å². The van der Waals surface area contributed by atoms with Gasteiger partial charge in [0.2, 0.25) is 0 Å². The minimum absolute atomic E-state index is 0.139. The van der Waals surface area contributed by atoms with Crippen LogP contribution < -0.4 is 0 Å². The lowest BCUT2D eigenvalue weighted by Crippen LogP contribution is -2.24. The first-order valence-corrected chi connectivity index (χ1v) is 9.21. The third-order valence-electron chi connectivity index (χ3n) is 4.47. The van der Waals surface area contributed by atoms with Crippen molar-refractivity contribution in [3.63, 3.8) is 0 Å². The van der Waals surface area contributed by atoms with E-state index in [9.17, 15) is 5.11 Å². The van der Waals surface area contributed by atoms with Crippen molar-refractivity contribution in [2.75, 3.05) is 13.7 Å². The highest BCUT2D eigenvalue weighted by Crippen LogP contribution is 2.34. The van der Waals surface area contributed by atoms with Gasteiger partial charge in [-0.15, -0.1) is 0 Å². The van der Waals surface area contributed by atoms with E-state index in [1.165, 1.54) is 10.9 Å². The normalized spacial score (nSPS) is 12.0. The van der Waals surface area contributed by atoms with Gasteiger partial charge >= 0.3 is 0 Å². The number of aliphatic hydroxyl groups is 1. The van der Waals surface area contributed by atoms with E-state index in [-0.39, 0.29) is 12.0 Å². The summed E-state index contributed by atoms with van der Waals surface area (Å²) in [5.41, 5.74) is 4.44. The molecule has 0 radical (unpaired) electrons. The first kappa shape index (κ1) is 18.2. The number of fused-ring (bicyclic) bond motifs is 1. The van der Waals surface area contributed by atoms with Gasteiger partial charge in [0, 0.05) is 52.3 Å². The molecule has 4 heteroatoms. The molecule has 2 aromatic carbocycles. The highest BCUT2D eigenvalue weighted by atomic mass is 79.9. The Labute approximate surface area is 157 Å². The zero-order valence-electron chi connectivity index (χ0n) is 14.9. The van der Waals surface area contributed by atoms with Crippen LogP contribution in [0, 0.1) is 5.41 Å². The standard InChI is InChI=1S/C21H24BrNO2/c1-21(2,14-24)13-23-19-11-17(22)9-8-15(19)10-20(23)18-7-5-4-6-16(18)12-25-3/h4-11,24H,12-14H2,1-3H3. The average molecular weight is 402 g/mol. The zero-order valence-corrected chi connectivity index (χ0v) is 16.5. The maximum absolute atomic E-state index is 9.78. The van der Waals surface area contributed by atoms with Crippen LogP contribution in [0.2, 0.25) is 0 Å². The van der Waals surface area contributed by atoms with E-state index >= 15 is 0 Å². The van der Waals surface area contributed by atoms with Gasteiger partial charge in [-0.05, 0) is 23.8 Å². The Morgan fingerprint density at radius 1 is 1.12 bits per heavy atom. The lowest BCUT2D eigenvalue weighted by molar-refractivity contribution is 0.143. The molecule has 1 heterocycles. The number of ether oxygens (including phenoxy) is 1. The second-order valence-corrected chi connectivity index (χ2v) is 8.15. The third-order valence-corrected chi connectivity index (χ3v) is 4.97. The summed E-state index contributed by atoms with van der Waals surface area (Å²) in [6.45, 7) is 5.62. The van der Waals surface area contributed by atoms with Gasteiger partial charge in [-0.1, -0.05) is 60.1 Å². The van der Waals surface area contributed by atoms with E-state index in [0.717, 1.165) is 27.8 Å². The highest BCUT2D eigenvalue weighted by molar-refractivity contribution is 9.10. The van der Waals surface area contributed by atoms with Crippen LogP contribution in [0.15, 0.2) is 53.0 Å². The Morgan fingerprint density at radius 3 is 2.60 bits per heavy atom. The molecular weight excluding hydrogens is 378 g/mol. The van der Waals surface area contributed by atoms with Crippen LogP contribution in [0.5, 0.6) is 0 Å². The van der Waals surface area contributed by atoms with Crippen molar-refractivity contribution in [2.45, 2.75) is 27.0 Å². The van der Waals surface area contributed by atoms with Crippen LogP contribution in [0.3, 0.4) is 0 Å². The monoisotopic (exact) mass is 401 g/mol. The molecule has 0 atom stereocenters. The largest absolute Gasteiger partial charge is 0.396 e. The minimum Gasteiger partial charge on any atom is -0.396 e. The molecule has 0 unspecified atom stereocenters. The molecule has 0 aliphatic heterocycles. The van der Waals surface area contributed by atoms with Gasteiger partial charge in [0.25, 0.3) is 0 Å². The second kappa shape index (κ2) is 7.32. The Kier molecular flexibility index (Phi) is 5.32. The summed E-state index contributed by atoms with van der Waals surface area (Å²) in [4.78, 5) is 0. The number of nitrogens with zero attached hydrogens (tertiary/aromatic N) is 1. The fraction of sp³-hybridized carbons (Fsp3) is 0.333. The summed E-state index contributed by atoms with van der Waals surface area (Å²) in [7, 11) is 1.72. The first-order chi connectivity index (χ1) is 11.9. The molecule has 0 fully saturated rings. The van der Waals surface area contributed by atoms with Crippen LogP contribution in [-0.2, 0) is 17.9 Å². The van der Waals surface area contributed by atoms with Crippen molar-refractivity contribution < 1.29 is 9.84 Å². The number of hydrogen-bond acceptors (Lipinski definition) is 2. The predicted molar refractivity (Wildman–Crippen MR) is 107 cm³/mol. The van der Waals surface area contributed by atoms with E-state index in [2.05, 4.69) is 76.8 Å². The molecule has 0 bridgehead atoms. The summed E-state index contributed by atoms with van der Waals surface area (Å²) in [6, 6.07) is 16.9. The van der Waals surface area contributed by atoms with Crippen molar-refractivity contribution >= 4 is 26.8 Å². The number of rotatable bonds is 6. The molecule has 0 aliphatic rings. The van der Waals surface area contributed by atoms with Gasteiger partial charge in [-0.25, -0.2) is 0 Å². The Morgan fingerprint density at radius 2 is 1.88 bits per heavy atom. The summed E-state index contributed by atoms with van der Waals surface area (Å²) in [6.07, 6.45) is 0. The van der Waals surface area contributed by atoms with Crippen LogP contribution in [0.4, 0.5) is 0 Å². The quantitative estimate of drug-likeness (QED) is 0.612. The van der Waals surface area contributed by atoms with Crippen molar-refractivity contribution in [1.82, 2.24) is 4.57 Å². The fourth-order valence-corrected chi connectivity index (χ4v) is 3.50. The molecule has 25 heavy (non-hydrogen) atoms. The van der Waals surface area contributed by atoms with Crippen LogP contribution in [0.1, 0.15) is 19.4 Å². The fourth-order valence-electron chi connectivity index (χ4n) is 3.15. The third kappa shape index (κ3) is 3.81. The van der Waals surface area contributed by atoms with Crippen LogP contribution >= 0.6 is 15.9 Å². The number of aromatic nitrogens is 1. The maximum Gasteiger partial charge on any atom is 0.0719 e. The maximum atomic E-state index is 9.78. The average Bonchev–Trinajstić information content (AvgIpc) is 2.93. The predicted octanol–water partition coefficient (Wildman–Crippen LogP) is 5.24. The molecule has 1 aromatic heterocycles. The topological polar surface area (TPSA) is 34.4 Å². The molecule has 0 amide bonds. The second-order valence-electron chi connectivity index (χ2n) is 7.23. The lowest BCUT2D eigenvalue weighted by atomic mass is 9.94. The van der Waals surface area contributed by atoms with Crippen molar-refractivity contribution in [3.05, 3.63) is 58.6 Å². The van der Waals surface area contributed by atoms with E-state index < -0.39 is 0 Å². The van der Waals surface area contributed by atoms with E-state index in [0.29, 0.717) is 6.61 Å². The molecule has 0 spiro atoms. The molecule has 3 nitrogen and oxygen atoms in total. The minimum atomic E-state index is -0.209. The van der Waals surface area contributed by atoms with Gasteiger partial charge in [-0.2, -0.15) is 0 Å². The van der Waals surface area contributed by atoms with Gasteiger partial charge in [0.1, 0.15) is 0 Å². The van der Waals surface area contributed by atoms with E-state index in [4.69, 9.17) is 4.74 Å². The van der Waals surface area contributed by atoms with E-state index in [1.54, 1.807) is 7.11 Å². The van der Waals surface area contributed by atoms with Gasteiger partial charge in [0.15, 0.2) is 0 Å². The molecular formula is C21H24BrNO2. The lowest BCUT2D eigenvalue weighted by Gasteiger charge is -2.25. The van der Waals surface area contributed by atoms with Gasteiger partial charge < -0.3 is 14.4 Å². The Balaban J connectivity index is 2.24. The zero-order chi connectivity index (χ0) is 18.0. The Bertz CT molecular complexity index is 883. The smallest absolute Gasteiger partial charge is 0.0719 e. The highest BCUT2D eigenvalue weighted by Gasteiger charge is 2.22. The number of hydrogen-bond donors (Lipinski definition) is 1. The summed E-state index contributed by atoms with van der Waals surface area (Å²) in [5.74, 6) is 0. The number of aliphatic hydroxyl groups excluding tert-OH is 1. The Hall–Kier alpha value is -1.62. The SMILES string of the molecule is COCc1ccccc1-c1cc2ccc(Br)cc2n1CC(C)(C)CO. The number of halogens is 1. The molecule has 0 saturated carbocycles. The van der Waals surface area contributed by atoms with Crippen molar-refractivity contribution in [3.8, 4) is 11.3 Å². The van der Waals surface area contributed by atoms with E-state index in [1.807, 2.05) is 6.07 Å². The van der Waals surface area contributed by atoms with Crippen LogP contribution in [-0.4, -0.2) is 23.4 Å². The van der Waals surface area contributed by atoms with Crippen molar-refractivity contribution in [2.24, 2.45) is 5.41 Å². The molecule has 132 valence electrons. The molecule has 3 aromatic rings. The summed E-state index contributed by atoms with van der Waals surface area (Å²) in [5, 5.41) is 11.0. The first-order valence-electron chi connectivity index (χ1n) is 8.42. The molecule has 3 rings (SSSR count). The number of methoxy groups -OCH3 is 1. The van der Waals surface area contributed by atoms with Crippen molar-refractivity contribution in [1.29, 1.82) is 0 Å². The number of benzene rings is 2. The summed E-state index contributed by atoms with van der Waals surface area (Å²) < 4.78 is 8.75. The molecule has 0 aliphatic carbocycles.